The summed E-state index contributed by atoms with van der Waals surface area (Å²) in [7, 11) is 0. The predicted molar refractivity (Wildman–Crippen MR) is 133 cm³/mol. The summed E-state index contributed by atoms with van der Waals surface area (Å²) in [5, 5.41) is 23.3. The maximum atomic E-state index is 15.2. The van der Waals surface area contributed by atoms with E-state index in [4.69, 9.17) is 14.6 Å². The number of carboxylic acid groups (broad SMARTS) is 1. The van der Waals surface area contributed by atoms with Crippen LogP contribution in [0.3, 0.4) is 0 Å². The fourth-order valence-corrected chi connectivity index (χ4v) is 5.71. The number of benzene rings is 3. The molecule has 0 radical (unpaired) electrons. The normalized spacial score (nSPS) is 17.8. The van der Waals surface area contributed by atoms with Gasteiger partial charge in [0, 0.05) is 28.7 Å². The molecular weight excluding hydrogens is 475 g/mol. The van der Waals surface area contributed by atoms with Crippen LogP contribution in [0.4, 0.5) is 4.39 Å². The van der Waals surface area contributed by atoms with Gasteiger partial charge < -0.3 is 14.6 Å². The standard InChI is InChI=1S/C28H25FN4O4/c1-14-9-16(28-30-32-33-31-28)10-15(2)26(14)20-5-7-22(29)27-21(20)6-8-23(27)37-18-3-4-19-17(11-25(34)35)13-36-24(19)12-18/h3-5,7,9-10,12,17,23H,6,8,11,13H2,1-2H3,(H,34,35)(H,30,31,32,33)/t17-,23-/m1/s1. The zero-order valence-corrected chi connectivity index (χ0v) is 20.4. The number of H-pyrrole nitrogens is 1. The monoisotopic (exact) mass is 500 g/mol. The highest BCUT2D eigenvalue weighted by molar-refractivity contribution is 5.78. The molecule has 0 spiro atoms. The minimum absolute atomic E-state index is 0.0201. The van der Waals surface area contributed by atoms with Crippen molar-refractivity contribution in [2.24, 2.45) is 0 Å². The summed E-state index contributed by atoms with van der Waals surface area (Å²) in [5.41, 5.74) is 7.50. The maximum Gasteiger partial charge on any atom is 0.304 e. The number of nitrogens with zero attached hydrogens (tertiary/aromatic N) is 3. The third-order valence-electron chi connectivity index (χ3n) is 7.27. The molecule has 37 heavy (non-hydrogen) atoms. The molecule has 3 aromatic carbocycles. The number of aryl methyl sites for hydroxylation is 2. The lowest BCUT2D eigenvalue weighted by Gasteiger charge is -2.19. The van der Waals surface area contributed by atoms with Gasteiger partial charge in [0.05, 0.1) is 13.0 Å². The number of hydrogen-bond donors (Lipinski definition) is 2. The average molecular weight is 501 g/mol. The first kappa shape index (κ1) is 23.1. The molecular formula is C28H25FN4O4. The van der Waals surface area contributed by atoms with Crippen LogP contribution in [0.25, 0.3) is 22.5 Å². The van der Waals surface area contributed by atoms with Gasteiger partial charge in [-0.2, -0.15) is 0 Å². The van der Waals surface area contributed by atoms with Crippen LogP contribution in [0.2, 0.25) is 0 Å². The molecule has 9 heteroatoms. The number of hydrogen-bond acceptors (Lipinski definition) is 6. The van der Waals surface area contributed by atoms with Crippen molar-refractivity contribution < 1.29 is 23.8 Å². The molecule has 0 saturated carbocycles. The van der Waals surface area contributed by atoms with Crippen molar-refractivity contribution in [1.82, 2.24) is 20.6 Å². The summed E-state index contributed by atoms with van der Waals surface area (Å²) in [6.07, 6.45) is 0.945. The van der Waals surface area contributed by atoms with E-state index in [0.717, 1.165) is 38.9 Å². The molecule has 0 amide bonds. The Kier molecular flexibility index (Phi) is 5.62. The number of carbonyl (C=O) groups is 1. The van der Waals surface area contributed by atoms with Crippen molar-refractivity contribution in [3.05, 3.63) is 76.1 Å². The summed E-state index contributed by atoms with van der Waals surface area (Å²) < 4.78 is 27.2. The van der Waals surface area contributed by atoms with Gasteiger partial charge in [-0.3, -0.25) is 4.79 Å². The van der Waals surface area contributed by atoms with Gasteiger partial charge in [-0.15, -0.1) is 5.10 Å². The van der Waals surface area contributed by atoms with Crippen molar-refractivity contribution >= 4 is 5.97 Å². The topological polar surface area (TPSA) is 110 Å². The smallest absolute Gasteiger partial charge is 0.304 e. The molecule has 1 aromatic heterocycles. The first-order valence-electron chi connectivity index (χ1n) is 12.2. The van der Waals surface area contributed by atoms with Gasteiger partial charge in [0.25, 0.3) is 0 Å². The number of halogens is 1. The summed E-state index contributed by atoms with van der Waals surface area (Å²) in [6.45, 7) is 4.41. The van der Waals surface area contributed by atoms with Gasteiger partial charge in [0.1, 0.15) is 23.4 Å². The van der Waals surface area contributed by atoms with E-state index in [2.05, 4.69) is 20.6 Å². The number of rotatable bonds is 6. The summed E-state index contributed by atoms with van der Waals surface area (Å²) in [4.78, 5) is 11.1. The third-order valence-corrected chi connectivity index (χ3v) is 7.27. The molecule has 8 nitrogen and oxygen atoms in total. The van der Waals surface area contributed by atoms with Crippen LogP contribution in [0.15, 0.2) is 42.5 Å². The first-order chi connectivity index (χ1) is 17.9. The number of fused-ring (bicyclic) bond motifs is 2. The quantitative estimate of drug-likeness (QED) is 0.369. The predicted octanol–water partition coefficient (Wildman–Crippen LogP) is 5.31. The van der Waals surface area contributed by atoms with E-state index < -0.39 is 12.1 Å². The van der Waals surface area contributed by atoms with E-state index in [9.17, 15) is 4.79 Å². The molecule has 0 fully saturated rings. The van der Waals surface area contributed by atoms with Gasteiger partial charge in [-0.05, 0) is 89.2 Å². The SMILES string of the molecule is Cc1cc(-c2nnn[nH]2)cc(C)c1-c1ccc(F)c2c1CC[C@H]2Oc1ccc2c(c1)OC[C@H]2CC(=O)O. The van der Waals surface area contributed by atoms with Crippen LogP contribution in [0.5, 0.6) is 11.5 Å². The summed E-state index contributed by atoms with van der Waals surface area (Å²) in [5.74, 6) is 0.500. The van der Waals surface area contributed by atoms with Crippen LogP contribution in [-0.2, 0) is 11.2 Å². The Morgan fingerprint density at radius 2 is 2.00 bits per heavy atom. The van der Waals surface area contributed by atoms with Crippen molar-refractivity contribution in [3.63, 3.8) is 0 Å². The van der Waals surface area contributed by atoms with Crippen molar-refractivity contribution in [1.29, 1.82) is 0 Å². The van der Waals surface area contributed by atoms with Gasteiger partial charge in [-0.1, -0.05) is 12.1 Å². The zero-order chi connectivity index (χ0) is 25.7. The van der Waals surface area contributed by atoms with Gasteiger partial charge >= 0.3 is 5.97 Å². The second kappa shape index (κ2) is 8.99. The molecule has 1 aliphatic heterocycles. The molecule has 2 atom stereocenters. The number of aromatic amines is 1. The Bertz CT molecular complexity index is 1500. The fourth-order valence-electron chi connectivity index (χ4n) is 5.71. The minimum atomic E-state index is -0.856. The van der Waals surface area contributed by atoms with Gasteiger partial charge in [0.15, 0.2) is 5.82 Å². The van der Waals surface area contributed by atoms with Gasteiger partial charge in [-0.25, -0.2) is 9.49 Å². The highest BCUT2D eigenvalue weighted by Crippen LogP contribution is 2.45. The average Bonchev–Trinajstić information content (AvgIpc) is 3.61. The molecule has 0 bridgehead atoms. The maximum absolute atomic E-state index is 15.2. The van der Waals surface area contributed by atoms with E-state index in [-0.39, 0.29) is 18.2 Å². The molecule has 0 saturated heterocycles. The number of tetrazole rings is 1. The van der Waals surface area contributed by atoms with Crippen LogP contribution in [0, 0.1) is 19.7 Å². The molecule has 2 aliphatic rings. The highest BCUT2D eigenvalue weighted by atomic mass is 19.1. The zero-order valence-electron chi connectivity index (χ0n) is 20.4. The molecule has 6 rings (SSSR count). The van der Waals surface area contributed by atoms with E-state index in [1.165, 1.54) is 6.07 Å². The second-order valence-corrected chi connectivity index (χ2v) is 9.67. The van der Waals surface area contributed by atoms with Crippen molar-refractivity contribution in [2.75, 3.05) is 6.61 Å². The Balaban J connectivity index is 1.31. The molecule has 2 heterocycles. The van der Waals surface area contributed by atoms with E-state index in [1.807, 2.05) is 44.2 Å². The lowest BCUT2D eigenvalue weighted by atomic mass is 9.89. The van der Waals surface area contributed by atoms with Crippen LogP contribution in [-0.4, -0.2) is 38.3 Å². The van der Waals surface area contributed by atoms with E-state index in [0.29, 0.717) is 42.3 Å². The number of aliphatic carboxylic acids is 1. The fraction of sp³-hybridized carbons (Fsp3) is 0.286. The second-order valence-electron chi connectivity index (χ2n) is 9.67. The van der Waals surface area contributed by atoms with Crippen LogP contribution in [0.1, 0.15) is 52.7 Å². The van der Waals surface area contributed by atoms with E-state index in [1.54, 1.807) is 6.07 Å². The van der Waals surface area contributed by atoms with Gasteiger partial charge in [0.2, 0.25) is 0 Å². The molecule has 4 aromatic rings. The third kappa shape index (κ3) is 4.10. The molecule has 1 aliphatic carbocycles. The Hall–Kier alpha value is -4.27. The largest absolute Gasteiger partial charge is 0.492 e. The highest BCUT2D eigenvalue weighted by Gasteiger charge is 2.32. The summed E-state index contributed by atoms with van der Waals surface area (Å²) in [6, 6.07) is 12.9. The molecule has 188 valence electrons. The van der Waals surface area contributed by atoms with Crippen LogP contribution >= 0.6 is 0 Å². The first-order valence-corrected chi connectivity index (χ1v) is 12.2. The number of nitrogens with one attached hydrogen (secondary N) is 1. The van der Waals surface area contributed by atoms with Crippen molar-refractivity contribution in [2.45, 2.75) is 45.1 Å². The Morgan fingerprint density at radius 3 is 2.73 bits per heavy atom. The number of carboxylic acids is 1. The Labute approximate surface area is 212 Å². The minimum Gasteiger partial charge on any atom is -0.492 e. The molecule has 2 N–H and O–H groups in total. The lowest BCUT2D eigenvalue weighted by Crippen LogP contribution is -2.07. The number of aromatic nitrogens is 4. The molecule has 0 unspecified atom stereocenters. The number of ether oxygens (including phenoxy) is 2. The summed E-state index contributed by atoms with van der Waals surface area (Å²) >= 11 is 0. The lowest BCUT2D eigenvalue weighted by molar-refractivity contribution is -0.137. The van der Waals surface area contributed by atoms with E-state index >= 15 is 4.39 Å². The Morgan fingerprint density at radius 1 is 1.19 bits per heavy atom. The van der Waals surface area contributed by atoms with Crippen molar-refractivity contribution in [3.8, 4) is 34.0 Å². The van der Waals surface area contributed by atoms with Crippen LogP contribution < -0.4 is 9.47 Å².